The quantitative estimate of drug-likeness (QED) is 0.873. The van der Waals surface area contributed by atoms with Gasteiger partial charge in [-0.15, -0.1) is 0 Å². The normalized spacial score (nSPS) is 16.8. The van der Waals surface area contributed by atoms with Crippen LogP contribution in [0, 0.1) is 19.8 Å². The van der Waals surface area contributed by atoms with Crippen molar-refractivity contribution in [2.75, 3.05) is 6.54 Å². The third kappa shape index (κ3) is 3.15. The van der Waals surface area contributed by atoms with E-state index in [1.807, 2.05) is 0 Å². The Morgan fingerprint density at radius 3 is 2.44 bits per heavy atom. The molecule has 0 atom stereocenters. The molecule has 100 valence electrons. The Morgan fingerprint density at radius 1 is 1.22 bits per heavy atom. The molecule has 1 amide bonds. The smallest absolute Gasteiger partial charge is 0.223 e. The fourth-order valence-electron chi connectivity index (χ4n) is 2.85. The first kappa shape index (κ1) is 13.2. The molecule has 0 radical (unpaired) electrons. The van der Waals surface area contributed by atoms with Crippen molar-refractivity contribution in [3.63, 3.8) is 0 Å². The van der Waals surface area contributed by atoms with Crippen LogP contribution in [0.5, 0.6) is 0 Å². The van der Waals surface area contributed by atoms with E-state index in [0.717, 1.165) is 25.9 Å². The average molecular weight is 248 g/mol. The summed E-state index contributed by atoms with van der Waals surface area (Å²) in [6.07, 6.45) is 5.88. The summed E-state index contributed by atoms with van der Waals surface area (Å²) in [7, 11) is 0. The molecule has 3 nitrogen and oxygen atoms in total. The van der Waals surface area contributed by atoms with Crippen molar-refractivity contribution in [3.05, 3.63) is 23.5 Å². The molecule has 18 heavy (non-hydrogen) atoms. The maximum Gasteiger partial charge on any atom is 0.223 e. The first-order valence-corrected chi connectivity index (χ1v) is 7.09. The maximum atomic E-state index is 12.0. The van der Waals surface area contributed by atoms with Crippen LogP contribution >= 0.6 is 0 Å². The van der Waals surface area contributed by atoms with Crippen LogP contribution in [0.15, 0.2) is 12.1 Å². The minimum absolute atomic E-state index is 0.261. The zero-order chi connectivity index (χ0) is 13.0. The van der Waals surface area contributed by atoms with Gasteiger partial charge in [0.2, 0.25) is 5.91 Å². The molecule has 1 N–H and O–H groups in total. The maximum absolute atomic E-state index is 12.0. The number of nitrogens with one attached hydrogen (secondary N) is 1. The van der Waals surface area contributed by atoms with Gasteiger partial charge in [0.15, 0.2) is 0 Å². The van der Waals surface area contributed by atoms with Gasteiger partial charge in [-0.1, -0.05) is 19.3 Å². The zero-order valence-electron chi connectivity index (χ0n) is 11.5. The van der Waals surface area contributed by atoms with Gasteiger partial charge in [0.25, 0.3) is 0 Å². The Morgan fingerprint density at radius 2 is 1.83 bits per heavy atom. The number of aryl methyl sites for hydroxylation is 2. The summed E-state index contributed by atoms with van der Waals surface area (Å²) in [6.45, 7) is 5.83. The summed E-state index contributed by atoms with van der Waals surface area (Å²) in [5.41, 5.74) is 2.53. The number of aromatic nitrogens is 1. The molecule has 0 unspecified atom stereocenters. The SMILES string of the molecule is Cc1ccc(C)n1CCNC(=O)C1CCCCC1. The van der Waals surface area contributed by atoms with Crippen LogP contribution in [-0.2, 0) is 11.3 Å². The van der Waals surface area contributed by atoms with Crippen LogP contribution in [0.1, 0.15) is 43.5 Å². The Labute approximate surface area is 110 Å². The van der Waals surface area contributed by atoms with Gasteiger partial charge in [-0.25, -0.2) is 0 Å². The average Bonchev–Trinajstić information content (AvgIpc) is 2.71. The van der Waals surface area contributed by atoms with E-state index in [0.29, 0.717) is 0 Å². The number of amides is 1. The number of carbonyl (C=O) groups excluding carboxylic acids is 1. The van der Waals surface area contributed by atoms with Crippen molar-refractivity contribution >= 4 is 5.91 Å². The fourth-order valence-corrected chi connectivity index (χ4v) is 2.85. The van der Waals surface area contributed by atoms with E-state index in [1.54, 1.807) is 0 Å². The summed E-state index contributed by atoms with van der Waals surface area (Å²) >= 11 is 0. The summed E-state index contributed by atoms with van der Waals surface area (Å²) in [5, 5.41) is 3.09. The van der Waals surface area contributed by atoms with Crippen LogP contribution in [0.4, 0.5) is 0 Å². The molecule has 1 aliphatic rings. The van der Waals surface area contributed by atoms with Crippen molar-refractivity contribution in [2.24, 2.45) is 5.92 Å². The summed E-state index contributed by atoms with van der Waals surface area (Å²) in [4.78, 5) is 12.0. The minimum Gasteiger partial charge on any atom is -0.354 e. The van der Waals surface area contributed by atoms with Crippen LogP contribution in [0.25, 0.3) is 0 Å². The molecule has 0 spiro atoms. The molecular weight excluding hydrogens is 224 g/mol. The molecule has 1 saturated carbocycles. The zero-order valence-corrected chi connectivity index (χ0v) is 11.5. The van der Waals surface area contributed by atoms with Crippen molar-refractivity contribution in [1.29, 1.82) is 0 Å². The Kier molecular flexibility index (Phi) is 4.45. The molecule has 0 saturated heterocycles. The lowest BCUT2D eigenvalue weighted by Crippen LogP contribution is -2.34. The summed E-state index contributed by atoms with van der Waals surface area (Å²) in [5.74, 6) is 0.530. The molecule has 1 aliphatic carbocycles. The molecule has 0 aliphatic heterocycles. The first-order chi connectivity index (χ1) is 8.68. The largest absolute Gasteiger partial charge is 0.354 e. The molecular formula is C15H24N2O. The lowest BCUT2D eigenvalue weighted by molar-refractivity contribution is -0.125. The molecule has 0 aromatic carbocycles. The Bertz CT molecular complexity index is 383. The Hall–Kier alpha value is -1.25. The van der Waals surface area contributed by atoms with E-state index < -0.39 is 0 Å². The van der Waals surface area contributed by atoms with Crippen LogP contribution in [0.3, 0.4) is 0 Å². The standard InChI is InChI=1S/C15H24N2O/c1-12-8-9-13(2)17(12)11-10-16-15(18)14-6-4-3-5-7-14/h8-9,14H,3-7,10-11H2,1-2H3,(H,16,18). The number of hydrogen-bond acceptors (Lipinski definition) is 1. The van der Waals surface area contributed by atoms with Gasteiger partial charge < -0.3 is 9.88 Å². The van der Waals surface area contributed by atoms with Crippen molar-refractivity contribution in [3.8, 4) is 0 Å². The minimum atomic E-state index is 0.261. The highest BCUT2D eigenvalue weighted by atomic mass is 16.1. The predicted molar refractivity (Wildman–Crippen MR) is 73.5 cm³/mol. The van der Waals surface area contributed by atoms with Gasteiger partial charge in [-0.3, -0.25) is 4.79 Å². The highest BCUT2D eigenvalue weighted by molar-refractivity contribution is 5.78. The lowest BCUT2D eigenvalue weighted by Gasteiger charge is -2.21. The van der Waals surface area contributed by atoms with Crippen molar-refractivity contribution in [2.45, 2.75) is 52.5 Å². The molecule has 1 heterocycles. The van der Waals surface area contributed by atoms with Crippen molar-refractivity contribution in [1.82, 2.24) is 9.88 Å². The van der Waals surface area contributed by atoms with E-state index in [-0.39, 0.29) is 11.8 Å². The molecule has 2 rings (SSSR count). The fraction of sp³-hybridized carbons (Fsp3) is 0.667. The number of carbonyl (C=O) groups is 1. The summed E-state index contributed by atoms with van der Waals surface area (Å²) < 4.78 is 2.25. The molecule has 0 bridgehead atoms. The second kappa shape index (κ2) is 6.07. The van der Waals surface area contributed by atoms with E-state index >= 15 is 0 Å². The second-order valence-corrected chi connectivity index (χ2v) is 5.39. The highest BCUT2D eigenvalue weighted by Gasteiger charge is 2.20. The van der Waals surface area contributed by atoms with Gasteiger partial charge >= 0.3 is 0 Å². The topological polar surface area (TPSA) is 34.0 Å². The van der Waals surface area contributed by atoms with Crippen LogP contribution < -0.4 is 5.32 Å². The number of rotatable bonds is 4. The second-order valence-electron chi connectivity index (χ2n) is 5.39. The number of nitrogens with zero attached hydrogens (tertiary/aromatic N) is 1. The Balaban J connectivity index is 1.76. The first-order valence-electron chi connectivity index (χ1n) is 7.09. The van der Waals surface area contributed by atoms with Gasteiger partial charge in [0, 0.05) is 30.4 Å². The third-order valence-corrected chi connectivity index (χ3v) is 4.03. The summed E-state index contributed by atoms with van der Waals surface area (Å²) in [6, 6.07) is 4.25. The molecule has 1 fully saturated rings. The van der Waals surface area contributed by atoms with E-state index in [2.05, 4.69) is 35.9 Å². The predicted octanol–water partition coefficient (Wildman–Crippen LogP) is 2.80. The molecule has 1 aromatic heterocycles. The molecule has 1 aromatic rings. The van der Waals surface area contributed by atoms with Crippen LogP contribution in [-0.4, -0.2) is 17.0 Å². The van der Waals surface area contributed by atoms with E-state index in [9.17, 15) is 4.79 Å². The van der Waals surface area contributed by atoms with Gasteiger partial charge in [-0.05, 0) is 38.8 Å². The van der Waals surface area contributed by atoms with Gasteiger partial charge in [0.05, 0.1) is 0 Å². The monoisotopic (exact) mass is 248 g/mol. The lowest BCUT2D eigenvalue weighted by atomic mass is 9.89. The highest BCUT2D eigenvalue weighted by Crippen LogP contribution is 2.23. The van der Waals surface area contributed by atoms with E-state index in [1.165, 1.54) is 30.7 Å². The van der Waals surface area contributed by atoms with Crippen LogP contribution in [0.2, 0.25) is 0 Å². The van der Waals surface area contributed by atoms with Crippen molar-refractivity contribution < 1.29 is 4.79 Å². The van der Waals surface area contributed by atoms with Gasteiger partial charge in [-0.2, -0.15) is 0 Å². The number of hydrogen-bond donors (Lipinski definition) is 1. The van der Waals surface area contributed by atoms with E-state index in [4.69, 9.17) is 0 Å². The third-order valence-electron chi connectivity index (χ3n) is 4.03. The molecule has 3 heteroatoms. The van der Waals surface area contributed by atoms with Gasteiger partial charge in [0.1, 0.15) is 0 Å².